The summed E-state index contributed by atoms with van der Waals surface area (Å²) in [6.07, 6.45) is 2.31. The number of amides is 1. The van der Waals surface area contributed by atoms with Crippen molar-refractivity contribution in [2.24, 2.45) is 22.6 Å². The van der Waals surface area contributed by atoms with Gasteiger partial charge in [-0.05, 0) is 81.2 Å². The lowest BCUT2D eigenvalue weighted by atomic mass is 9.47. The van der Waals surface area contributed by atoms with Gasteiger partial charge in [0.2, 0.25) is 0 Å². The zero-order valence-corrected chi connectivity index (χ0v) is 29.3. The first-order valence-corrected chi connectivity index (χ1v) is 16.9. The number of phenolic OH excluding ortho intramolecular Hbond substituents is 1. The number of ketones is 2. The van der Waals surface area contributed by atoms with Gasteiger partial charge in [0, 0.05) is 25.3 Å². The molecule has 5 rings (SSSR count). The van der Waals surface area contributed by atoms with E-state index in [2.05, 4.69) is 12.2 Å². The number of Topliss-reactive ketones (excluding diaryl/α,β-unsaturated/α-hetero) is 2. The Balaban J connectivity index is 1.62. The summed E-state index contributed by atoms with van der Waals surface area (Å²) in [5, 5.41) is 48.5. The number of primary amides is 1. The minimum atomic E-state index is -2.73. The number of phenols is 1. The van der Waals surface area contributed by atoms with Gasteiger partial charge in [0.1, 0.15) is 28.6 Å². The van der Waals surface area contributed by atoms with E-state index in [-0.39, 0.29) is 17.7 Å². The highest BCUT2D eigenvalue weighted by molar-refractivity contribution is 6.25. The molecule has 0 saturated heterocycles. The van der Waals surface area contributed by atoms with Crippen molar-refractivity contribution >= 4 is 23.2 Å². The Labute approximate surface area is 296 Å². The van der Waals surface area contributed by atoms with E-state index in [1.807, 2.05) is 18.2 Å². The normalized spacial score (nSPS) is 25.7. The summed E-state index contributed by atoms with van der Waals surface area (Å²) < 4.78 is 11.4. The molecule has 0 spiro atoms. The molecule has 0 unspecified atom stereocenters. The first kappa shape index (κ1) is 37.5. The van der Waals surface area contributed by atoms with Crippen LogP contribution in [0, 0.1) is 16.7 Å². The molecule has 2 aromatic rings. The largest absolute Gasteiger partial charge is 0.509 e. The van der Waals surface area contributed by atoms with Gasteiger partial charge < -0.3 is 47.3 Å². The van der Waals surface area contributed by atoms with Gasteiger partial charge in [0.25, 0.3) is 5.91 Å². The summed E-state index contributed by atoms with van der Waals surface area (Å²) in [5.41, 5.74) is 13.7. The summed E-state index contributed by atoms with van der Waals surface area (Å²) in [7, 11) is 4.46. The van der Waals surface area contributed by atoms with E-state index in [1.165, 1.54) is 32.2 Å². The number of nitrogens with zero attached hydrogens (tertiary/aromatic N) is 2. The van der Waals surface area contributed by atoms with Gasteiger partial charge in [-0.2, -0.15) is 5.26 Å². The number of aliphatic hydroxyl groups is 2. The maximum atomic E-state index is 14.7. The first-order valence-electron chi connectivity index (χ1n) is 16.9. The van der Waals surface area contributed by atoms with Crippen LogP contribution in [0.2, 0.25) is 0 Å². The van der Waals surface area contributed by atoms with Gasteiger partial charge in [-0.1, -0.05) is 25.5 Å². The number of hydrogen-bond acceptors (Lipinski definition) is 13. The van der Waals surface area contributed by atoms with E-state index < -0.39 is 69.1 Å². The molecule has 3 aliphatic rings. The third-order valence-corrected chi connectivity index (χ3v) is 10.3. The van der Waals surface area contributed by atoms with Crippen LogP contribution in [0.4, 0.5) is 0 Å². The van der Waals surface area contributed by atoms with E-state index in [9.17, 15) is 35.0 Å². The fourth-order valence-corrected chi connectivity index (χ4v) is 8.04. The summed E-state index contributed by atoms with van der Waals surface area (Å²) in [5.74, 6) is -5.32. The third-order valence-electron chi connectivity index (χ3n) is 10.3. The van der Waals surface area contributed by atoms with Crippen LogP contribution in [-0.4, -0.2) is 95.8 Å². The van der Waals surface area contributed by atoms with Gasteiger partial charge in [0.15, 0.2) is 17.0 Å². The molecule has 1 amide bonds. The van der Waals surface area contributed by atoms with E-state index in [0.29, 0.717) is 35.6 Å². The second kappa shape index (κ2) is 14.1. The number of aromatic hydroxyl groups is 1. The molecule has 4 atom stereocenters. The van der Waals surface area contributed by atoms with Crippen LogP contribution < -0.4 is 27.3 Å². The van der Waals surface area contributed by atoms with E-state index >= 15 is 0 Å². The van der Waals surface area contributed by atoms with E-state index in [0.717, 1.165) is 38.0 Å². The second-order valence-electron chi connectivity index (χ2n) is 13.8. The number of benzene rings is 2. The monoisotopic (exact) mass is 702 g/mol. The van der Waals surface area contributed by atoms with E-state index in [4.69, 9.17) is 26.7 Å². The third kappa shape index (κ3) is 5.84. The van der Waals surface area contributed by atoms with Crippen molar-refractivity contribution < 1.29 is 39.2 Å². The molecule has 1 saturated carbocycles. The highest BCUT2D eigenvalue weighted by Gasteiger charge is 2.74. The Bertz CT molecular complexity index is 1880. The molecule has 272 valence electrons. The van der Waals surface area contributed by atoms with Crippen LogP contribution >= 0.6 is 0 Å². The molecule has 14 nitrogen and oxygen atoms in total. The number of fused-ring (bicyclic) bond motifs is 3. The number of nitrogens with one attached hydrogen (secondary N) is 1. The van der Waals surface area contributed by atoms with Crippen LogP contribution in [0.15, 0.2) is 47.2 Å². The molecule has 2 aromatic carbocycles. The van der Waals surface area contributed by atoms with Crippen molar-refractivity contribution in [2.45, 2.75) is 62.7 Å². The molecular weight excluding hydrogens is 656 g/mol. The van der Waals surface area contributed by atoms with Gasteiger partial charge >= 0.3 is 0 Å². The minimum absolute atomic E-state index is 0.0992. The predicted octanol–water partition coefficient (Wildman–Crippen LogP) is 1.88. The predicted molar refractivity (Wildman–Crippen MR) is 188 cm³/mol. The summed E-state index contributed by atoms with van der Waals surface area (Å²) in [6, 6.07) is 8.96. The molecule has 51 heavy (non-hydrogen) atoms. The lowest BCUT2D eigenvalue weighted by Gasteiger charge is -2.58. The molecule has 10 N–H and O–H groups in total. The second-order valence-corrected chi connectivity index (χ2v) is 13.8. The lowest BCUT2D eigenvalue weighted by Crippen LogP contribution is -2.80. The number of likely N-dealkylation sites (N-methyl/N-ethyl adjacent to an activating group) is 1. The maximum absolute atomic E-state index is 14.7. The smallest absolute Gasteiger partial charge is 0.255 e. The highest BCUT2D eigenvalue weighted by Crippen LogP contribution is 2.59. The number of ether oxygens (including phenoxy) is 2. The molecular formula is C37H46N6O8. The van der Waals surface area contributed by atoms with E-state index in [1.54, 1.807) is 12.1 Å². The van der Waals surface area contributed by atoms with Crippen molar-refractivity contribution in [2.75, 3.05) is 41.0 Å². The number of methoxy groups -OCH3 is 1. The number of rotatable bonds is 13. The minimum Gasteiger partial charge on any atom is -0.509 e. The number of unbranched alkanes of at least 4 members (excludes halogenated alkanes) is 1. The van der Waals surface area contributed by atoms with Crippen LogP contribution in [0.25, 0.3) is 16.9 Å². The Kier molecular flexibility index (Phi) is 10.4. The molecule has 0 aromatic heterocycles. The standard InChI is InChI=1S/C37H46N6O8/c1-5-6-13-51-14-7-12-42-17-20-8-11-25(50-4)22(15-20)21-9-10-24(44)26-23(21)16-35(40)18-37(41)31(43(2)3)30(46)27(34(39)49)32(47)36(37,19-38)33(48)28(35)29(26)45/h8-11,15,31,42,44-45,47H,5-7,12-14,16-18,40-41H2,1-4H3,(H2,39,49)/t31-,35-,36+,37-/m1/s1. The lowest BCUT2D eigenvalue weighted by molar-refractivity contribution is -0.139. The van der Waals surface area contributed by atoms with Gasteiger partial charge in [-0.25, -0.2) is 0 Å². The number of aliphatic hydroxyl groups excluding tert-OH is 2. The number of carbonyl (C=O) groups is 3. The average Bonchev–Trinajstić information content (AvgIpc) is 3.05. The van der Waals surface area contributed by atoms with Crippen LogP contribution in [0.3, 0.4) is 0 Å². The SMILES string of the molecule is CCCCOCCCNCc1ccc(OC)c(-c2ccc(O)c3c2C[C@@]2(N)C[C@@]4(N)[C@H](N(C)C)C(=O)C(C(N)=O)=C(O)[C@@]4(C#N)C(=O)C2=C3O)c1. The molecule has 0 radical (unpaired) electrons. The fraction of sp³-hybridized carbons (Fsp3) is 0.459. The van der Waals surface area contributed by atoms with Crippen LogP contribution in [-0.2, 0) is 32.1 Å². The van der Waals surface area contributed by atoms with Crippen LogP contribution in [0.5, 0.6) is 11.5 Å². The van der Waals surface area contributed by atoms with Crippen molar-refractivity contribution in [1.29, 1.82) is 5.26 Å². The Hall–Kier alpha value is -4.78. The fourth-order valence-electron chi connectivity index (χ4n) is 8.04. The zero-order chi connectivity index (χ0) is 37.5. The molecule has 14 heteroatoms. The first-order chi connectivity index (χ1) is 24.1. The van der Waals surface area contributed by atoms with Gasteiger partial charge in [0.05, 0.1) is 41.4 Å². The highest BCUT2D eigenvalue weighted by atomic mass is 16.5. The maximum Gasteiger partial charge on any atom is 0.255 e. The molecule has 0 bridgehead atoms. The summed E-state index contributed by atoms with van der Waals surface area (Å²) in [4.78, 5) is 42.2. The molecule has 1 fully saturated rings. The topological polar surface area (TPSA) is 247 Å². The number of nitriles is 1. The quantitative estimate of drug-likeness (QED) is 0.117. The molecule has 0 heterocycles. The average molecular weight is 703 g/mol. The molecule has 3 aliphatic carbocycles. The van der Waals surface area contributed by atoms with Crippen molar-refractivity contribution in [3.05, 3.63) is 63.9 Å². The van der Waals surface area contributed by atoms with Crippen molar-refractivity contribution in [3.63, 3.8) is 0 Å². The summed E-state index contributed by atoms with van der Waals surface area (Å²) in [6.45, 7) is 4.79. The van der Waals surface area contributed by atoms with Gasteiger partial charge in [-0.15, -0.1) is 0 Å². The number of hydrogen-bond donors (Lipinski definition) is 7. The molecule has 0 aliphatic heterocycles. The van der Waals surface area contributed by atoms with Crippen LogP contribution in [0.1, 0.15) is 49.3 Å². The van der Waals surface area contributed by atoms with Crippen molar-refractivity contribution in [3.8, 4) is 28.7 Å². The van der Waals surface area contributed by atoms with Crippen molar-refractivity contribution in [1.82, 2.24) is 10.2 Å². The Morgan fingerprint density at radius 3 is 2.43 bits per heavy atom. The number of nitrogens with two attached hydrogens (primary N) is 3. The summed E-state index contributed by atoms with van der Waals surface area (Å²) >= 11 is 0. The van der Waals surface area contributed by atoms with Gasteiger partial charge in [-0.3, -0.25) is 19.3 Å². The Morgan fingerprint density at radius 1 is 1.10 bits per heavy atom. The Morgan fingerprint density at radius 2 is 1.80 bits per heavy atom. The zero-order valence-electron chi connectivity index (χ0n) is 29.3. The number of carbonyl (C=O) groups excluding carboxylic acids is 3.